The first-order chi connectivity index (χ1) is 9.70. The van der Waals surface area contributed by atoms with E-state index in [1.54, 1.807) is 0 Å². The molecule has 0 saturated heterocycles. The van der Waals surface area contributed by atoms with Crippen molar-refractivity contribution in [3.8, 4) is 0 Å². The number of benzene rings is 2. The van der Waals surface area contributed by atoms with E-state index >= 15 is 0 Å². The lowest BCUT2D eigenvalue weighted by Gasteiger charge is -2.23. The topological polar surface area (TPSA) is 17.1 Å². The summed E-state index contributed by atoms with van der Waals surface area (Å²) in [6, 6.07) is 18.7. The highest BCUT2D eigenvalue weighted by Gasteiger charge is 2.41. The molecule has 0 amide bonds. The largest absolute Gasteiger partial charge is 0.298 e. The molecule has 2 heteroatoms. The zero-order chi connectivity index (χ0) is 14.0. The summed E-state index contributed by atoms with van der Waals surface area (Å²) in [6.45, 7) is 2.10. The van der Waals surface area contributed by atoms with Crippen LogP contribution in [0.25, 0.3) is 0 Å². The van der Waals surface area contributed by atoms with Gasteiger partial charge in [-0.25, -0.2) is 0 Å². The molecular formula is C18H18OS. The monoisotopic (exact) mass is 282 g/mol. The second-order valence-electron chi connectivity index (χ2n) is 5.50. The maximum absolute atomic E-state index is 12.4. The highest BCUT2D eigenvalue weighted by atomic mass is 32.2. The van der Waals surface area contributed by atoms with Gasteiger partial charge in [0.2, 0.25) is 0 Å². The van der Waals surface area contributed by atoms with Crippen molar-refractivity contribution in [2.75, 3.05) is 5.75 Å². The Morgan fingerprint density at radius 2 is 1.75 bits per heavy atom. The fourth-order valence-electron chi connectivity index (χ4n) is 2.89. The molecule has 0 radical (unpaired) electrons. The molecule has 0 fully saturated rings. The van der Waals surface area contributed by atoms with Crippen molar-refractivity contribution in [1.29, 1.82) is 0 Å². The van der Waals surface area contributed by atoms with Gasteiger partial charge in [0.25, 0.3) is 0 Å². The molecule has 2 aromatic rings. The Hall–Kier alpha value is -1.54. The zero-order valence-electron chi connectivity index (χ0n) is 11.6. The Bertz CT molecular complexity index is 620. The molecule has 1 atom stereocenters. The van der Waals surface area contributed by atoms with E-state index in [9.17, 15) is 4.79 Å². The van der Waals surface area contributed by atoms with Crippen LogP contribution in [-0.2, 0) is 16.6 Å². The number of Topliss-reactive ketones (excluding diaryl/α,β-unsaturated/α-hetero) is 1. The molecule has 1 aliphatic carbocycles. The van der Waals surface area contributed by atoms with Gasteiger partial charge in [0.15, 0.2) is 0 Å². The highest BCUT2D eigenvalue weighted by molar-refractivity contribution is 7.99. The summed E-state index contributed by atoms with van der Waals surface area (Å²) < 4.78 is 0. The average molecular weight is 282 g/mol. The lowest BCUT2D eigenvalue weighted by Crippen LogP contribution is -2.28. The minimum absolute atomic E-state index is 0.293. The number of thioether (sulfide) groups is 1. The van der Waals surface area contributed by atoms with Gasteiger partial charge in [-0.15, -0.1) is 11.8 Å². The van der Waals surface area contributed by atoms with Crippen LogP contribution in [0.1, 0.15) is 24.5 Å². The van der Waals surface area contributed by atoms with Crippen molar-refractivity contribution in [1.82, 2.24) is 0 Å². The van der Waals surface area contributed by atoms with Gasteiger partial charge in [-0.05, 0) is 42.4 Å². The Morgan fingerprint density at radius 1 is 1.05 bits per heavy atom. The predicted molar refractivity (Wildman–Crippen MR) is 84.3 cm³/mol. The van der Waals surface area contributed by atoms with Gasteiger partial charge >= 0.3 is 0 Å². The van der Waals surface area contributed by atoms with E-state index in [-0.39, 0.29) is 5.41 Å². The van der Waals surface area contributed by atoms with Crippen molar-refractivity contribution in [3.63, 3.8) is 0 Å². The number of ketones is 1. The van der Waals surface area contributed by atoms with Gasteiger partial charge in [0, 0.05) is 11.3 Å². The Balaban J connectivity index is 1.72. The standard InChI is InChI=1S/C18H18OS/c1-18(11-12-20-15-8-3-2-4-9-15)16-10-6-5-7-14(16)13-17(18)19/h2-10H,11-13H2,1H3. The molecule has 0 aliphatic heterocycles. The Labute approximate surface area is 124 Å². The van der Waals surface area contributed by atoms with Crippen molar-refractivity contribution in [2.24, 2.45) is 0 Å². The third-order valence-corrected chi connectivity index (χ3v) is 5.21. The third kappa shape index (κ3) is 2.40. The van der Waals surface area contributed by atoms with Crippen LogP contribution in [0.5, 0.6) is 0 Å². The maximum Gasteiger partial charge on any atom is 0.147 e. The van der Waals surface area contributed by atoms with E-state index in [4.69, 9.17) is 0 Å². The van der Waals surface area contributed by atoms with Gasteiger partial charge in [-0.3, -0.25) is 4.79 Å². The van der Waals surface area contributed by atoms with Crippen molar-refractivity contribution >= 4 is 17.5 Å². The number of rotatable bonds is 4. The summed E-state index contributed by atoms with van der Waals surface area (Å²) in [5, 5.41) is 0. The molecule has 1 unspecified atom stereocenters. The van der Waals surface area contributed by atoms with Gasteiger partial charge in [-0.2, -0.15) is 0 Å². The number of carbonyl (C=O) groups excluding carboxylic acids is 1. The molecule has 0 aromatic heterocycles. The fourth-order valence-corrected chi connectivity index (χ4v) is 3.99. The summed E-state index contributed by atoms with van der Waals surface area (Å²) in [5.41, 5.74) is 2.15. The van der Waals surface area contributed by atoms with Crippen LogP contribution >= 0.6 is 11.8 Å². The van der Waals surface area contributed by atoms with Crippen LogP contribution < -0.4 is 0 Å². The molecule has 2 aromatic carbocycles. The zero-order valence-corrected chi connectivity index (χ0v) is 12.5. The van der Waals surface area contributed by atoms with Gasteiger partial charge in [0.1, 0.15) is 5.78 Å². The Kier molecular flexibility index (Phi) is 3.66. The molecule has 1 aliphatic rings. The minimum atomic E-state index is -0.293. The fraction of sp³-hybridized carbons (Fsp3) is 0.278. The highest BCUT2D eigenvalue weighted by Crippen LogP contribution is 2.39. The third-order valence-electron chi connectivity index (χ3n) is 4.19. The summed E-state index contributed by atoms with van der Waals surface area (Å²) in [7, 11) is 0. The first-order valence-corrected chi connectivity index (χ1v) is 7.98. The van der Waals surface area contributed by atoms with E-state index in [0.29, 0.717) is 12.2 Å². The molecule has 20 heavy (non-hydrogen) atoms. The minimum Gasteiger partial charge on any atom is -0.298 e. The number of hydrogen-bond acceptors (Lipinski definition) is 2. The average Bonchev–Trinajstić information content (AvgIpc) is 2.72. The van der Waals surface area contributed by atoms with Crippen LogP contribution in [-0.4, -0.2) is 11.5 Å². The van der Waals surface area contributed by atoms with Crippen LogP contribution in [0.2, 0.25) is 0 Å². The van der Waals surface area contributed by atoms with Crippen molar-refractivity contribution in [3.05, 3.63) is 65.7 Å². The van der Waals surface area contributed by atoms with Gasteiger partial charge in [-0.1, -0.05) is 42.5 Å². The summed E-state index contributed by atoms with van der Waals surface area (Å²) >= 11 is 1.83. The second kappa shape index (κ2) is 5.45. The molecule has 1 nitrogen and oxygen atoms in total. The first-order valence-electron chi connectivity index (χ1n) is 7.00. The van der Waals surface area contributed by atoms with Crippen molar-refractivity contribution in [2.45, 2.75) is 30.1 Å². The molecule has 3 rings (SSSR count). The number of fused-ring (bicyclic) bond motifs is 1. The maximum atomic E-state index is 12.4. The molecule has 102 valence electrons. The van der Waals surface area contributed by atoms with Gasteiger partial charge in [0.05, 0.1) is 5.41 Å². The van der Waals surface area contributed by atoms with Crippen LogP contribution in [0.4, 0.5) is 0 Å². The van der Waals surface area contributed by atoms with Crippen LogP contribution in [0.15, 0.2) is 59.5 Å². The van der Waals surface area contributed by atoms with Crippen molar-refractivity contribution < 1.29 is 4.79 Å². The van der Waals surface area contributed by atoms with E-state index in [1.807, 2.05) is 30.0 Å². The summed E-state index contributed by atoms with van der Waals surface area (Å²) in [5.74, 6) is 1.34. The molecule has 0 heterocycles. The lowest BCUT2D eigenvalue weighted by molar-refractivity contribution is -0.122. The molecule has 0 spiro atoms. The smallest absolute Gasteiger partial charge is 0.147 e. The van der Waals surface area contributed by atoms with Gasteiger partial charge < -0.3 is 0 Å². The van der Waals surface area contributed by atoms with E-state index < -0.39 is 0 Å². The molecule has 0 saturated carbocycles. The quantitative estimate of drug-likeness (QED) is 0.780. The molecular weight excluding hydrogens is 264 g/mol. The second-order valence-corrected chi connectivity index (χ2v) is 6.67. The van der Waals surface area contributed by atoms with E-state index in [2.05, 4.69) is 43.3 Å². The Morgan fingerprint density at radius 3 is 2.55 bits per heavy atom. The van der Waals surface area contributed by atoms with E-state index in [1.165, 1.54) is 16.0 Å². The van der Waals surface area contributed by atoms with Crippen LogP contribution in [0, 0.1) is 0 Å². The summed E-state index contributed by atoms with van der Waals surface area (Å²) in [4.78, 5) is 13.7. The molecule has 0 bridgehead atoms. The number of hydrogen-bond donors (Lipinski definition) is 0. The molecule has 0 N–H and O–H groups in total. The predicted octanol–water partition coefficient (Wildman–Crippen LogP) is 4.25. The van der Waals surface area contributed by atoms with E-state index in [0.717, 1.165) is 12.2 Å². The normalized spacial score (nSPS) is 20.9. The van der Waals surface area contributed by atoms with Crippen LogP contribution in [0.3, 0.4) is 0 Å². The SMILES string of the molecule is CC1(CCSc2ccccc2)C(=O)Cc2ccccc21. The number of carbonyl (C=O) groups is 1. The lowest BCUT2D eigenvalue weighted by atomic mass is 9.81. The summed E-state index contributed by atoms with van der Waals surface area (Å²) in [6.07, 6.45) is 1.51. The first kappa shape index (κ1) is 13.4.